The first-order chi connectivity index (χ1) is 11.7. The maximum atomic E-state index is 12.0. The molecule has 8 nitrogen and oxygen atoms in total. The van der Waals surface area contributed by atoms with Gasteiger partial charge in [0.2, 0.25) is 0 Å². The van der Waals surface area contributed by atoms with Gasteiger partial charge in [-0.25, -0.2) is 0 Å². The van der Waals surface area contributed by atoms with Gasteiger partial charge in [0.15, 0.2) is 11.4 Å². The molecule has 24 heavy (non-hydrogen) atoms. The summed E-state index contributed by atoms with van der Waals surface area (Å²) >= 11 is 0. The van der Waals surface area contributed by atoms with E-state index in [0.717, 1.165) is 0 Å². The first-order valence-electron chi connectivity index (χ1n) is 6.65. The van der Waals surface area contributed by atoms with Crippen LogP contribution in [0.2, 0.25) is 0 Å². The van der Waals surface area contributed by atoms with E-state index in [-0.39, 0.29) is 11.4 Å². The van der Waals surface area contributed by atoms with E-state index in [1.807, 2.05) is 0 Å². The van der Waals surface area contributed by atoms with Gasteiger partial charge in [-0.2, -0.15) is 10.5 Å². The zero-order valence-corrected chi connectivity index (χ0v) is 12.2. The number of hydrogen-bond donors (Lipinski definition) is 2. The summed E-state index contributed by atoms with van der Waals surface area (Å²) in [5.74, 6) is -1.35. The second-order valence-corrected chi connectivity index (χ2v) is 4.31. The zero-order chi connectivity index (χ0) is 17.4. The number of nitrogens with zero attached hydrogens (tertiary/aromatic N) is 4. The Labute approximate surface area is 137 Å². The van der Waals surface area contributed by atoms with Gasteiger partial charge in [-0.1, -0.05) is 12.1 Å². The predicted octanol–water partition coefficient (Wildman–Crippen LogP) is 0.895. The standard InChI is InChI=1S/C16H10N6O2/c17-9-13(21-15(23)11-5-1-3-7-19-11)14(10-18)22-16(24)12-6-2-4-8-20-12/h1-8H,(H,21,23)(H,22,24)/b14-13+. The van der Waals surface area contributed by atoms with Crippen molar-refractivity contribution in [1.29, 1.82) is 10.5 Å². The summed E-state index contributed by atoms with van der Waals surface area (Å²) in [4.78, 5) is 31.7. The SMILES string of the molecule is N#C/C(NC(=O)c1ccccn1)=C(/C#N)NC(=O)c1ccccn1. The van der Waals surface area contributed by atoms with Gasteiger partial charge in [0, 0.05) is 12.4 Å². The monoisotopic (exact) mass is 318 g/mol. The minimum Gasteiger partial charge on any atom is -0.309 e. The fourth-order valence-electron chi connectivity index (χ4n) is 1.64. The molecule has 0 atom stereocenters. The molecule has 2 aromatic rings. The number of nitrogens with one attached hydrogen (secondary N) is 2. The van der Waals surface area contributed by atoms with E-state index in [2.05, 4.69) is 20.6 Å². The third-order valence-electron chi connectivity index (χ3n) is 2.75. The van der Waals surface area contributed by atoms with E-state index in [1.54, 1.807) is 36.4 Å². The Morgan fingerprint density at radius 3 is 1.50 bits per heavy atom. The van der Waals surface area contributed by atoms with Crippen molar-refractivity contribution in [2.45, 2.75) is 0 Å². The normalized spacial score (nSPS) is 10.6. The van der Waals surface area contributed by atoms with E-state index >= 15 is 0 Å². The van der Waals surface area contributed by atoms with Crippen molar-refractivity contribution >= 4 is 11.8 Å². The molecule has 0 aliphatic carbocycles. The Morgan fingerprint density at radius 2 is 1.21 bits per heavy atom. The van der Waals surface area contributed by atoms with Gasteiger partial charge in [0.25, 0.3) is 11.8 Å². The van der Waals surface area contributed by atoms with Gasteiger partial charge in [0.1, 0.15) is 23.5 Å². The highest BCUT2D eigenvalue weighted by Crippen LogP contribution is 2.02. The summed E-state index contributed by atoms with van der Waals surface area (Å²) in [6.07, 6.45) is 2.83. The molecule has 8 heteroatoms. The molecule has 0 unspecified atom stereocenters. The van der Waals surface area contributed by atoms with Crippen LogP contribution >= 0.6 is 0 Å². The van der Waals surface area contributed by atoms with Crippen LogP contribution in [0.3, 0.4) is 0 Å². The summed E-state index contributed by atoms with van der Waals surface area (Å²) in [6, 6.07) is 12.7. The van der Waals surface area contributed by atoms with Gasteiger partial charge < -0.3 is 10.6 Å². The van der Waals surface area contributed by atoms with Crippen LogP contribution < -0.4 is 10.6 Å². The molecule has 0 aromatic carbocycles. The van der Waals surface area contributed by atoms with E-state index in [9.17, 15) is 9.59 Å². The van der Waals surface area contributed by atoms with Crippen LogP contribution in [0.5, 0.6) is 0 Å². The molecular weight excluding hydrogens is 308 g/mol. The van der Waals surface area contributed by atoms with E-state index in [0.29, 0.717) is 0 Å². The number of rotatable bonds is 4. The molecule has 116 valence electrons. The Kier molecular flexibility index (Phi) is 5.32. The van der Waals surface area contributed by atoms with E-state index in [4.69, 9.17) is 10.5 Å². The van der Waals surface area contributed by atoms with Gasteiger partial charge in [0.05, 0.1) is 0 Å². The number of allylic oxidation sites excluding steroid dienone is 2. The van der Waals surface area contributed by atoms with Gasteiger partial charge in [-0.15, -0.1) is 0 Å². The fraction of sp³-hybridized carbons (Fsp3) is 0. The lowest BCUT2D eigenvalue weighted by atomic mass is 10.3. The summed E-state index contributed by atoms with van der Waals surface area (Å²) in [6.45, 7) is 0. The molecule has 0 bridgehead atoms. The fourth-order valence-corrected chi connectivity index (χ4v) is 1.64. The third kappa shape index (κ3) is 4.00. The Balaban J connectivity index is 2.21. The molecule has 0 aliphatic rings. The zero-order valence-electron chi connectivity index (χ0n) is 12.2. The number of amides is 2. The van der Waals surface area contributed by atoms with Gasteiger partial charge in [-0.05, 0) is 24.3 Å². The molecule has 0 radical (unpaired) electrons. The van der Waals surface area contributed by atoms with Crippen LogP contribution in [0.1, 0.15) is 21.0 Å². The van der Waals surface area contributed by atoms with Crippen molar-refractivity contribution in [1.82, 2.24) is 20.6 Å². The smallest absolute Gasteiger partial charge is 0.274 e. The highest BCUT2D eigenvalue weighted by atomic mass is 16.2. The van der Waals surface area contributed by atoms with Gasteiger partial charge in [-0.3, -0.25) is 19.6 Å². The summed E-state index contributed by atoms with van der Waals surface area (Å²) in [5, 5.41) is 22.8. The Morgan fingerprint density at radius 1 is 0.792 bits per heavy atom. The quantitative estimate of drug-likeness (QED) is 0.805. The highest BCUT2D eigenvalue weighted by molar-refractivity contribution is 5.95. The first-order valence-corrected chi connectivity index (χ1v) is 6.65. The summed E-state index contributed by atoms with van der Waals surface area (Å²) < 4.78 is 0. The van der Waals surface area contributed by atoms with Crippen molar-refractivity contribution in [3.8, 4) is 12.1 Å². The second kappa shape index (κ2) is 7.82. The molecule has 2 amide bonds. The topological polar surface area (TPSA) is 132 Å². The molecule has 0 spiro atoms. The predicted molar refractivity (Wildman–Crippen MR) is 81.7 cm³/mol. The van der Waals surface area contributed by atoms with Crippen LogP contribution in [0, 0.1) is 22.7 Å². The average molecular weight is 318 g/mol. The first kappa shape index (κ1) is 16.3. The average Bonchev–Trinajstić information content (AvgIpc) is 2.65. The van der Waals surface area contributed by atoms with Crippen LogP contribution in [-0.2, 0) is 0 Å². The lowest BCUT2D eigenvalue weighted by Gasteiger charge is -2.07. The number of carbonyl (C=O) groups is 2. The lowest BCUT2D eigenvalue weighted by Crippen LogP contribution is -2.30. The van der Waals surface area contributed by atoms with Crippen molar-refractivity contribution in [2.24, 2.45) is 0 Å². The molecular formula is C16H10N6O2. The lowest BCUT2D eigenvalue weighted by molar-refractivity contribution is 0.0946. The second-order valence-electron chi connectivity index (χ2n) is 4.31. The highest BCUT2D eigenvalue weighted by Gasteiger charge is 2.16. The van der Waals surface area contributed by atoms with E-state index < -0.39 is 23.2 Å². The number of nitriles is 2. The molecule has 2 aromatic heterocycles. The molecule has 0 fully saturated rings. The van der Waals surface area contributed by atoms with E-state index in [1.165, 1.54) is 24.5 Å². The largest absolute Gasteiger partial charge is 0.309 e. The Hall–Kier alpha value is -4.04. The maximum absolute atomic E-state index is 12.0. The Bertz CT molecular complexity index is 789. The number of pyridine rings is 2. The van der Waals surface area contributed by atoms with Crippen molar-refractivity contribution in [3.63, 3.8) is 0 Å². The number of carbonyl (C=O) groups excluding carboxylic acids is 2. The van der Waals surface area contributed by atoms with Gasteiger partial charge >= 0.3 is 0 Å². The molecule has 2 N–H and O–H groups in total. The summed E-state index contributed by atoms with van der Waals surface area (Å²) in [5.41, 5.74) is -0.646. The van der Waals surface area contributed by atoms with Crippen molar-refractivity contribution in [3.05, 3.63) is 71.6 Å². The number of aromatic nitrogens is 2. The number of hydrogen-bond acceptors (Lipinski definition) is 6. The molecule has 0 saturated carbocycles. The maximum Gasteiger partial charge on any atom is 0.274 e. The minimum absolute atomic E-state index is 0.0681. The molecule has 2 rings (SSSR count). The molecule has 0 aliphatic heterocycles. The molecule has 2 heterocycles. The molecule has 0 saturated heterocycles. The van der Waals surface area contributed by atoms with Crippen LogP contribution in [-0.4, -0.2) is 21.8 Å². The van der Waals surface area contributed by atoms with Crippen LogP contribution in [0.4, 0.5) is 0 Å². The summed E-state index contributed by atoms with van der Waals surface area (Å²) in [7, 11) is 0. The van der Waals surface area contributed by atoms with Crippen LogP contribution in [0.25, 0.3) is 0 Å². The van der Waals surface area contributed by atoms with Crippen molar-refractivity contribution in [2.75, 3.05) is 0 Å². The van der Waals surface area contributed by atoms with Crippen molar-refractivity contribution < 1.29 is 9.59 Å². The minimum atomic E-state index is -0.674. The third-order valence-corrected chi connectivity index (χ3v) is 2.75. The van der Waals surface area contributed by atoms with Crippen LogP contribution in [0.15, 0.2) is 60.2 Å².